The summed E-state index contributed by atoms with van der Waals surface area (Å²) >= 11 is 0. The molecular formula is C11H17N3O4S. The zero-order chi connectivity index (χ0) is 14.5. The van der Waals surface area contributed by atoms with Crippen molar-refractivity contribution in [1.82, 2.24) is 14.0 Å². The van der Waals surface area contributed by atoms with E-state index in [-0.39, 0.29) is 13.0 Å². The number of hydrogen-bond acceptors (Lipinski definition) is 4. The Balaban J connectivity index is 2.66. The third kappa shape index (κ3) is 4.93. The molecule has 106 valence electrons. The Morgan fingerprint density at radius 3 is 2.79 bits per heavy atom. The number of carbonyl (C=O) groups is 1. The maximum Gasteiger partial charge on any atom is 0.304 e. The molecule has 0 saturated heterocycles. The maximum atomic E-state index is 11.9. The monoisotopic (exact) mass is 287 g/mol. The molecular weight excluding hydrogens is 270 g/mol. The van der Waals surface area contributed by atoms with Crippen LogP contribution in [-0.4, -0.2) is 42.4 Å². The molecule has 8 heteroatoms. The Morgan fingerprint density at radius 1 is 1.58 bits per heavy atom. The van der Waals surface area contributed by atoms with Gasteiger partial charge in [-0.3, -0.25) is 9.78 Å². The summed E-state index contributed by atoms with van der Waals surface area (Å²) in [6.07, 6.45) is 2.94. The number of aromatic nitrogens is 1. The lowest BCUT2D eigenvalue weighted by atomic mass is 10.2. The van der Waals surface area contributed by atoms with Crippen LogP contribution in [0.4, 0.5) is 0 Å². The average Bonchev–Trinajstić information content (AvgIpc) is 2.36. The van der Waals surface area contributed by atoms with Crippen molar-refractivity contribution in [2.45, 2.75) is 19.4 Å². The second kappa shape index (κ2) is 6.60. The van der Waals surface area contributed by atoms with E-state index in [9.17, 15) is 13.2 Å². The van der Waals surface area contributed by atoms with Crippen LogP contribution in [0.5, 0.6) is 0 Å². The van der Waals surface area contributed by atoms with Gasteiger partial charge in [-0.15, -0.1) is 0 Å². The van der Waals surface area contributed by atoms with Gasteiger partial charge in [-0.25, -0.2) is 0 Å². The highest BCUT2D eigenvalue weighted by molar-refractivity contribution is 7.87. The Bertz CT molecular complexity index is 518. The molecule has 1 rings (SSSR count). The summed E-state index contributed by atoms with van der Waals surface area (Å²) in [5.41, 5.74) is 0.734. The normalized spacial score (nSPS) is 13.4. The van der Waals surface area contributed by atoms with Crippen LogP contribution in [0.1, 0.15) is 24.9 Å². The average molecular weight is 287 g/mol. The smallest absolute Gasteiger partial charge is 0.304 e. The Hall–Kier alpha value is -1.51. The molecule has 1 aromatic rings. The lowest BCUT2D eigenvalue weighted by Crippen LogP contribution is -2.40. The summed E-state index contributed by atoms with van der Waals surface area (Å²) < 4.78 is 27.3. The van der Waals surface area contributed by atoms with Crippen LogP contribution in [0.25, 0.3) is 0 Å². The predicted molar refractivity (Wildman–Crippen MR) is 69.6 cm³/mol. The van der Waals surface area contributed by atoms with Crippen molar-refractivity contribution in [3.05, 3.63) is 30.1 Å². The number of nitrogens with one attached hydrogen (secondary N) is 1. The number of rotatable bonds is 7. The summed E-state index contributed by atoms with van der Waals surface area (Å²) in [7, 11) is -2.38. The van der Waals surface area contributed by atoms with E-state index in [1.165, 1.54) is 7.05 Å². The van der Waals surface area contributed by atoms with E-state index < -0.39 is 22.2 Å². The van der Waals surface area contributed by atoms with Gasteiger partial charge in [0.25, 0.3) is 10.2 Å². The first kappa shape index (κ1) is 15.5. The Labute approximate surface area is 112 Å². The summed E-state index contributed by atoms with van der Waals surface area (Å²) in [5, 5.41) is 8.54. The van der Waals surface area contributed by atoms with Crippen molar-refractivity contribution >= 4 is 16.2 Å². The summed E-state index contributed by atoms with van der Waals surface area (Å²) in [4.78, 5) is 14.3. The van der Waals surface area contributed by atoms with Gasteiger partial charge in [-0.05, 0) is 18.6 Å². The van der Waals surface area contributed by atoms with Gasteiger partial charge in [0, 0.05) is 32.0 Å². The molecule has 0 aliphatic carbocycles. The first-order valence-electron chi connectivity index (χ1n) is 5.68. The van der Waals surface area contributed by atoms with Crippen molar-refractivity contribution in [3.8, 4) is 0 Å². The summed E-state index contributed by atoms with van der Waals surface area (Å²) in [6.45, 7) is 1.62. The minimum absolute atomic E-state index is 0.0789. The lowest BCUT2D eigenvalue weighted by molar-refractivity contribution is -0.137. The number of nitrogens with zero attached hydrogens (tertiary/aromatic N) is 2. The minimum atomic E-state index is -3.71. The Morgan fingerprint density at radius 2 is 2.26 bits per heavy atom. The van der Waals surface area contributed by atoms with Crippen molar-refractivity contribution < 1.29 is 18.3 Å². The van der Waals surface area contributed by atoms with E-state index in [0.29, 0.717) is 0 Å². The molecule has 0 spiro atoms. The largest absolute Gasteiger partial charge is 0.481 e. The van der Waals surface area contributed by atoms with Crippen molar-refractivity contribution in [3.63, 3.8) is 0 Å². The van der Waals surface area contributed by atoms with Gasteiger partial charge in [0.15, 0.2) is 0 Å². The lowest BCUT2D eigenvalue weighted by Gasteiger charge is -2.20. The van der Waals surface area contributed by atoms with Crippen molar-refractivity contribution in [2.75, 3.05) is 13.6 Å². The molecule has 0 aromatic carbocycles. The van der Waals surface area contributed by atoms with Crippen LogP contribution < -0.4 is 4.72 Å². The van der Waals surface area contributed by atoms with Gasteiger partial charge in [-0.2, -0.15) is 17.4 Å². The molecule has 7 nitrogen and oxygen atoms in total. The number of carboxylic acids is 1. The Kier molecular flexibility index (Phi) is 5.40. The zero-order valence-corrected chi connectivity index (χ0v) is 11.6. The van der Waals surface area contributed by atoms with E-state index >= 15 is 0 Å². The van der Waals surface area contributed by atoms with E-state index in [0.717, 1.165) is 9.87 Å². The van der Waals surface area contributed by atoms with Crippen LogP contribution in [-0.2, 0) is 15.0 Å². The van der Waals surface area contributed by atoms with E-state index in [1.54, 1.807) is 31.5 Å². The standard InChI is InChI=1S/C11H17N3O4S/c1-9(10-4-3-6-12-8-10)13-19(17,18)14(2)7-5-11(15)16/h3-4,6,8-9,13H,5,7H2,1-2H3,(H,15,16)/t9-/m1/s1. The van der Waals surface area contributed by atoms with Crippen LogP contribution >= 0.6 is 0 Å². The molecule has 2 N–H and O–H groups in total. The van der Waals surface area contributed by atoms with E-state index in [2.05, 4.69) is 9.71 Å². The fraction of sp³-hybridized carbons (Fsp3) is 0.455. The molecule has 1 atom stereocenters. The topological polar surface area (TPSA) is 99.6 Å². The first-order chi connectivity index (χ1) is 8.83. The molecule has 0 aliphatic heterocycles. The van der Waals surface area contributed by atoms with Crippen LogP contribution in [0.3, 0.4) is 0 Å². The maximum absolute atomic E-state index is 11.9. The molecule has 0 saturated carbocycles. The molecule has 0 unspecified atom stereocenters. The van der Waals surface area contributed by atoms with Crippen LogP contribution in [0, 0.1) is 0 Å². The minimum Gasteiger partial charge on any atom is -0.481 e. The number of pyridine rings is 1. The van der Waals surface area contributed by atoms with Gasteiger partial charge in [0.1, 0.15) is 0 Å². The van der Waals surface area contributed by atoms with E-state index in [4.69, 9.17) is 5.11 Å². The zero-order valence-electron chi connectivity index (χ0n) is 10.8. The molecule has 1 heterocycles. The predicted octanol–water partition coefficient (Wildman–Crippen LogP) is 0.384. The van der Waals surface area contributed by atoms with Gasteiger partial charge in [0.2, 0.25) is 0 Å². The fourth-order valence-electron chi connectivity index (χ4n) is 1.39. The third-order valence-electron chi connectivity index (χ3n) is 2.56. The van der Waals surface area contributed by atoms with Gasteiger partial charge in [-0.1, -0.05) is 6.07 Å². The molecule has 1 aromatic heterocycles. The van der Waals surface area contributed by atoms with Crippen molar-refractivity contribution in [2.24, 2.45) is 0 Å². The molecule has 0 amide bonds. The fourth-order valence-corrected chi connectivity index (χ4v) is 2.48. The molecule has 0 radical (unpaired) electrons. The highest BCUT2D eigenvalue weighted by Gasteiger charge is 2.21. The third-order valence-corrected chi connectivity index (χ3v) is 4.22. The van der Waals surface area contributed by atoms with Crippen molar-refractivity contribution in [1.29, 1.82) is 0 Å². The second-order valence-electron chi connectivity index (χ2n) is 4.10. The molecule has 19 heavy (non-hydrogen) atoms. The second-order valence-corrected chi connectivity index (χ2v) is 5.91. The van der Waals surface area contributed by atoms with Crippen LogP contribution in [0.15, 0.2) is 24.5 Å². The quantitative estimate of drug-likeness (QED) is 0.755. The van der Waals surface area contributed by atoms with E-state index in [1.807, 2.05) is 0 Å². The molecule has 0 aliphatic rings. The molecule has 0 bridgehead atoms. The van der Waals surface area contributed by atoms with Gasteiger partial charge in [0.05, 0.1) is 6.42 Å². The first-order valence-corrected chi connectivity index (χ1v) is 7.12. The number of hydrogen-bond donors (Lipinski definition) is 2. The number of aliphatic carboxylic acids is 1. The molecule has 0 fully saturated rings. The van der Waals surface area contributed by atoms with Gasteiger partial charge < -0.3 is 5.11 Å². The summed E-state index contributed by atoms with van der Waals surface area (Å²) in [5.74, 6) is -1.04. The summed E-state index contributed by atoms with van der Waals surface area (Å²) in [6, 6.07) is 3.04. The SMILES string of the molecule is C[C@@H](NS(=O)(=O)N(C)CCC(=O)O)c1cccnc1. The highest BCUT2D eigenvalue weighted by Crippen LogP contribution is 2.12. The van der Waals surface area contributed by atoms with Crippen LogP contribution in [0.2, 0.25) is 0 Å². The van der Waals surface area contributed by atoms with Gasteiger partial charge >= 0.3 is 5.97 Å². The highest BCUT2D eigenvalue weighted by atomic mass is 32.2. The number of carboxylic acid groups (broad SMARTS) is 1.